The lowest BCUT2D eigenvalue weighted by Gasteiger charge is -2.04. The van der Waals surface area contributed by atoms with Crippen molar-refractivity contribution in [2.24, 2.45) is 7.05 Å². The van der Waals surface area contributed by atoms with Crippen LogP contribution >= 0.6 is 11.8 Å². The molecule has 0 unspecified atom stereocenters. The topological polar surface area (TPSA) is 38.1 Å². The van der Waals surface area contributed by atoms with Gasteiger partial charge < -0.3 is 9.67 Å². The van der Waals surface area contributed by atoms with Gasteiger partial charge in [-0.2, -0.15) is 4.98 Å². The lowest BCUT2D eigenvalue weighted by atomic mass is 10.2. The van der Waals surface area contributed by atoms with Crippen LogP contribution in [0, 0.1) is 6.92 Å². The first-order valence-electron chi connectivity index (χ1n) is 5.06. The molecular weight excluding hydrogens is 220 g/mol. The van der Waals surface area contributed by atoms with Crippen LogP contribution in [0.25, 0.3) is 0 Å². The van der Waals surface area contributed by atoms with E-state index in [2.05, 4.69) is 24.0 Å². The second kappa shape index (κ2) is 4.61. The zero-order valence-electron chi connectivity index (χ0n) is 9.34. The second-order valence-corrected chi connectivity index (χ2v) is 4.70. The quantitative estimate of drug-likeness (QED) is 0.830. The minimum atomic E-state index is 0.0860. The maximum absolute atomic E-state index is 9.24. The third kappa shape index (κ3) is 2.39. The largest absolute Gasteiger partial charge is 0.492 e. The summed E-state index contributed by atoms with van der Waals surface area (Å²) in [6.07, 6.45) is 1.62. The smallest absolute Gasteiger partial charge is 0.229 e. The summed E-state index contributed by atoms with van der Waals surface area (Å²) < 4.78 is 1.85. The third-order valence-corrected chi connectivity index (χ3v) is 3.58. The predicted octanol–water partition coefficient (Wildman–Crippen LogP) is 2.73. The van der Waals surface area contributed by atoms with Crippen LogP contribution in [0.4, 0.5) is 0 Å². The molecule has 0 saturated heterocycles. The van der Waals surface area contributed by atoms with Crippen molar-refractivity contribution >= 4 is 11.8 Å². The highest BCUT2D eigenvalue weighted by Gasteiger charge is 2.05. The van der Waals surface area contributed by atoms with Gasteiger partial charge in [-0.05, 0) is 18.6 Å². The number of imidazole rings is 1. The molecule has 0 spiro atoms. The molecule has 0 radical (unpaired) electrons. The van der Waals surface area contributed by atoms with E-state index in [0.717, 1.165) is 11.6 Å². The summed E-state index contributed by atoms with van der Waals surface area (Å²) >= 11 is 1.73. The van der Waals surface area contributed by atoms with E-state index in [9.17, 15) is 5.11 Å². The van der Waals surface area contributed by atoms with Crippen molar-refractivity contribution in [1.82, 2.24) is 9.55 Å². The molecular formula is C12H14N2OS. The van der Waals surface area contributed by atoms with Crippen LogP contribution in [-0.2, 0) is 12.8 Å². The highest BCUT2D eigenvalue weighted by molar-refractivity contribution is 7.98. The average Bonchev–Trinajstić information content (AvgIpc) is 2.56. The van der Waals surface area contributed by atoms with Gasteiger partial charge in [0.25, 0.3) is 0 Å². The fourth-order valence-electron chi connectivity index (χ4n) is 1.48. The maximum Gasteiger partial charge on any atom is 0.229 e. The van der Waals surface area contributed by atoms with Crippen molar-refractivity contribution in [3.8, 4) is 5.88 Å². The number of thioether (sulfide) groups is 1. The first-order valence-corrected chi connectivity index (χ1v) is 6.05. The highest BCUT2D eigenvalue weighted by atomic mass is 32.2. The van der Waals surface area contributed by atoms with Crippen LogP contribution in [0.3, 0.4) is 0 Å². The van der Waals surface area contributed by atoms with Crippen molar-refractivity contribution in [3.05, 3.63) is 41.9 Å². The summed E-state index contributed by atoms with van der Waals surface area (Å²) in [5.74, 6) is 1.73. The molecule has 4 heteroatoms. The van der Waals surface area contributed by atoms with E-state index in [0.29, 0.717) is 0 Å². The summed E-state index contributed by atoms with van der Waals surface area (Å²) in [5.41, 5.74) is 1.27. The van der Waals surface area contributed by atoms with Crippen molar-refractivity contribution in [2.75, 3.05) is 0 Å². The van der Waals surface area contributed by atoms with Crippen molar-refractivity contribution in [2.45, 2.75) is 17.6 Å². The Morgan fingerprint density at radius 2 is 2.12 bits per heavy atom. The normalized spacial score (nSPS) is 10.6. The van der Waals surface area contributed by atoms with E-state index >= 15 is 0 Å². The lowest BCUT2D eigenvalue weighted by Crippen LogP contribution is -1.94. The van der Waals surface area contributed by atoms with E-state index < -0.39 is 0 Å². The fraction of sp³-hybridized carbons (Fsp3) is 0.250. The molecule has 1 aromatic carbocycles. The maximum atomic E-state index is 9.24. The highest BCUT2D eigenvalue weighted by Crippen LogP contribution is 2.25. The van der Waals surface area contributed by atoms with Gasteiger partial charge in [-0.15, -0.1) is 11.8 Å². The minimum absolute atomic E-state index is 0.0860. The molecule has 2 rings (SSSR count). The van der Waals surface area contributed by atoms with Gasteiger partial charge in [0.1, 0.15) is 5.82 Å². The molecule has 0 aliphatic carbocycles. The molecule has 1 heterocycles. The minimum Gasteiger partial charge on any atom is -0.492 e. The van der Waals surface area contributed by atoms with Crippen LogP contribution in [0.1, 0.15) is 11.4 Å². The molecule has 16 heavy (non-hydrogen) atoms. The number of aryl methyl sites for hydroxylation is 2. The molecule has 0 aliphatic rings. The number of aromatic nitrogens is 2. The number of aromatic hydroxyl groups is 1. The number of rotatable bonds is 3. The average molecular weight is 234 g/mol. The standard InChI is InChI=1S/C12H14N2OS/c1-9-5-3-4-6-10(9)16-8-11-13-12(15)7-14(11)2/h3-7,15H,8H2,1-2H3. The van der Waals surface area contributed by atoms with E-state index in [4.69, 9.17) is 0 Å². The van der Waals surface area contributed by atoms with Gasteiger partial charge in [0.15, 0.2) is 0 Å². The Morgan fingerprint density at radius 3 is 2.75 bits per heavy atom. The first kappa shape index (κ1) is 11.1. The summed E-state index contributed by atoms with van der Waals surface area (Å²) in [5, 5.41) is 9.24. The number of nitrogens with zero attached hydrogens (tertiary/aromatic N) is 2. The SMILES string of the molecule is Cc1ccccc1SCc1nc(O)cn1C. The zero-order chi connectivity index (χ0) is 11.5. The molecule has 1 aromatic heterocycles. The van der Waals surface area contributed by atoms with Gasteiger partial charge in [0.05, 0.1) is 11.9 Å². The van der Waals surface area contributed by atoms with Crippen LogP contribution in [-0.4, -0.2) is 14.7 Å². The Bertz CT molecular complexity index is 494. The molecule has 84 valence electrons. The summed E-state index contributed by atoms with van der Waals surface area (Å²) in [6.45, 7) is 2.10. The van der Waals surface area contributed by atoms with Gasteiger partial charge in [0, 0.05) is 11.9 Å². The molecule has 2 aromatic rings. The predicted molar refractivity (Wildman–Crippen MR) is 65.6 cm³/mol. The molecule has 0 bridgehead atoms. The van der Waals surface area contributed by atoms with Gasteiger partial charge >= 0.3 is 0 Å². The van der Waals surface area contributed by atoms with E-state index in [-0.39, 0.29) is 5.88 Å². The molecule has 0 aliphatic heterocycles. The third-order valence-electron chi connectivity index (χ3n) is 2.41. The molecule has 0 fully saturated rings. The summed E-state index contributed by atoms with van der Waals surface area (Å²) in [7, 11) is 1.89. The van der Waals surface area contributed by atoms with Crippen LogP contribution in [0.15, 0.2) is 35.4 Å². The molecule has 0 saturated carbocycles. The van der Waals surface area contributed by atoms with Gasteiger partial charge in [-0.3, -0.25) is 0 Å². The molecule has 0 amide bonds. The first-order chi connectivity index (χ1) is 7.66. The Labute approximate surface area is 99.1 Å². The van der Waals surface area contributed by atoms with Gasteiger partial charge in [-0.1, -0.05) is 18.2 Å². The Balaban J connectivity index is 2.08. The van der Waals surface area contributed by atoms with E-state index in [1.54, 1.807) is 18.0 Å². The number of hydrogen-bond donors (Lipinski definition) is 1. The van der Waals surface area contributed by atoms with Gasteiger partial charge in [-0.25, -0.2) is 0 Å². The Hall–Kier alpha value is -1.42. The van der Waals surface area contributed by atoms with Crippen molar-refractivity contribution < 1.29 is 5.11 Å². The van der Waals surface area contributed by atoms with E-state index in [1.807, 2.05) is 23.7 Å². The Morgan fingerprint density at radius 1 is 1.38 bits per heavy atom. The molecule has 0 atom stereocenters. The van der Waals surface area contributed by atoms with Gasteiger partial charge in [0.2, 0.25) is 5.88 Å². The number of benzene rings is 1. The molecule has 1 N–H and O–H groups in total. The zero-order valence-corrected chi connectivity index (χ0v) is 10.2. The van der Waals surface area contributed by atoms with E-state index in [1.165, 1.54) is 10.5 Å². The molecule has 3 nitrogen and oxygen atoms in total. The van der Waals surface area contributed by atoms with Crippen LogP contribution < -0.4 is 0 Å². The lowest BCUT2D eigenvalue weighted by molar-refractivity contribution is 0.455. The second-order valence-electron chi connectivity index (χ2n) is 3.68. The fourth-order valence-corrected chi connectivity index (χ4v) is 2.51. The van der Waals surface area contributed by atoms with Crippen LogP contribution in [0.2, 0.25) is 0 Å². The summed E-state index contributed by atoms with van der Waals surface area (Å²) in [4.78, 5) is 5.31. The van der Waals surface area contributed by atoms with Crippen molar-refractivity contribution in [3.63, 3.8) is 0 Å². The Kier molecular flexibility index (Phi) is 3.19. The van der Waals surface area contributed by atoms with Crippen LogP contribution in [0.5, 0.6) is 5.88 Å². The monoisotopic (exact) mass is 234 g/mol. The summed E-state index contributed by atoms with van der Waals surface area (Å²) in [6, 6.07) is 8.26. The number of hydrogen-bond acceptors (Lipinski definition) is 3. The van der Waals surface area contributed by atoms with Crippen molar-refractivity contribution in [1.29, 1.82) is 0 Å².